The molecule has 11 rings (SSSR count). The quantitative estimate of drug-likeness (QED) is 0.0166. The number of hydrogen-bond acceptors (Lipinski definition) is 10. The van der Waals surface area contributed by atoms with Crippen LogP contribution in [-0.2, 0) is 25.7 Å². The monoisotopic (exact) mass is 1490 g/mol. The summed E-state index contributed by atoms with van der Waals surface area (Å²) in [5.74, 6) is 0.937. The molecule has 0 spiro atoms. The maximum Gasteiger partial charge on any atom is 0.270 e. The van der Waals surface area contributed by atoms with Crippen LogP contribution in [-0.4, -0.2) is 11.6 Å². The van der Waals surface area contributed by atoms with Gasteiger partial charge in [0.25, 0.3) is 11.4 Å². The molecule has 0 fully saturated rings. The Bertz CT molecular complexity index is 4410. The van der Waals surface area contributed by atoms with Gasteiger partial charge in [0.15, 0.2) is 11.6 Å². The Hall–Kier alpha value is -7.36. The molecule has 9 aromatic rings. The van der Waals surface area contributed by atoms with E-state index in [1.807, 2.05) is 106 Å². The van der Waals surface area contributed by atoms with Crippen molar-refractivity contribution in [1.29, 1.82) is 10.5 Å². The molecule has 0 N–H and O–H groups in total. The molecule has 2 unspecified atom stereocenters. The van der Waals surface area contributed by atoms with Gasteiger partial charge < -0.3 is 0 Å². The summed E-state index contributed by atoms with van der Waals surface area (Å²) in [7, 11) is 0. The van der Waals surface area contributed by atoms with Crippen LogP contribution in [0.25, 0.3) is 93.6 Å². The first-order chi connectivity index (χ1) is 51.0. The number of hydrogen-bond donors (Lipinski definition) is 0. The minimum atomic E-state index is -0.146. The molecule has 104 heavy (non-hydrogen) atoms. The lowest BCUT2D eigenvalue weighted by molar-refractivity contribution is 0.103. The third-order valence-corrected chi connectivity index (χ3v) is 28.7. The van der Waals surface area contributed by atoms with Crippen molar-refractivity contribution < 1.29 is 9.59 Å². The number of nitrogens with zero attached hydrogens (tertiary/aromatic N) is 4. The van der Waals surface area contributed by atoms with Gasteiger partial charge in [-0.15, -0.1) is 68.0 Å². The number of aryl methyl sites for hydroxylation is 2. The van der Waals surface area contributed by atoms with E-state index in [1.165, 1.54) is 213 Å². The second-order valence-electron chi connectivity index (χ2n) is 28.9. The van der Waals surface area contributed by atoms with E-state index in [9.17, 15) is 20.1 Å². The van der Waals surface area contributed by atoms with E-state index in [1.54, 1.807) is 22.7 Å². The summed E-state index contributed by atoms with van der Waals surface area (Å²) < 4.78 is 2.53. The van der Waals surface area contributed by atoms with Gasteiger partial charge in [-0.1, -0.05) is 257 Å². The van der Waals surface area contributed by atoms with Crippen molar-refractivity contribution in [2.24, 2.45) is 11.8 Å². The van der Waals surface area contributed by atoms with Crippen LogP contribution in [0.2, 0.25) is 0 Å². The minimum Gasteiger partial charge on any atom is -0.289 e. The fourth-order valence-electron chi connectivity index (χ4n) is 15.5. The summed E-state index contributed by atoms with van der Waals surface area (Å²) in [4.78, 5) is 48.8. The topological polar surface area (TPSA) is 90.4 Å². The average Bonchev–Trinajstić information content (AvgIpc) is 1.54. The summed E-state index contributed by atoms with van der Waals surface area (Å²) >= 11 is 11.2. The Morgan fingerprint density at radius 2 is 0.760 bits per heavy atom. The first-order valence-electron chi connectivity index (χ1n) is 39.2. The van der Waals surface area contributed by atoms with Crippen LogP contribution in [0.15, 0.2) is 120 Å². The molecule has 0 saturated heterocycles. The molecule has 0 aliphatic heterocycles. The van der Waals surface area contributed by atoms with Gasteiger partial charge in [0.1, 0.15) is 0 Å². The van der Waals surface area contributed by atoms with Crippen LogP contribution >= 0.6 is 68.0 Å². The van der Waals surface area contributed by atoms with E-state index >= 15 is 0 Å². The lowest BCUT2D eigenvalue weighted by atomic mass is 9.95. The highest BCUT2D eigenvalue weighted by atomic mass is 32.1. The first-order valence-corrected chi connectivity index (χ1v) is 44.1. The number of Topliss-reactive ketones (excluding diaryl/α,β-unsaturated/α-hetero) is 2. The molecule has 0 bridgehead atoms. The zero-order chi connectivity index (χ0) is 72.9. The SMILES string of the molecule is [C-]#[N+]/C(C#N)=C1\C(=Cc2sc(-c3cc4c(-c5ccc(CC(CC)CCCC)s5)c5sc(-c6cc(CCCCCCCCCCCC)c(C=C7C(=O)c8ccccc8/C7=C(/C#N)[N+]#[C-])s6)cc5c(-c5ccc(CC(CC)CCCC)s5)c4s3)cc2CCCCCCCCCCCC)C(=O)c2ccccc21. The first kappa shape index (κ1) is 77.7. The molecule has 0 radical (unpaired) electrons. The van der Waals surface area contributed by atoms with Gasteiger partial charge in [-0.3, -0.25) is 9.59 Å². The van der Waals surface area contributed by atoms with Crippen molar-refractivity contribution in [3.63, 3.8) is 0 Å². The largest absolute Gasteiger partial charge is 0.289 e. The van der Waals surface area contributed by atoms with Gasteiger partial charge in [-0.2, -0.15) is 0 Å². The molecular weight excluding hydrogens is 1390 g/mol. The van der Waals surface area contributed by atoms with Crippen molar-refractivity contribution in [2.75, 3.05) is 0 Å². The maximum absolute atomic E-state index is 14.7. The summed E-state index contributed by atoms with van der Waals surface area (Å²) in [6, 6.07) is 38.6. The molecular formula is C92H102N4O2S6. The van der Waals surface area contributed by atoms with Crippen molar-refractivity contribution in [2.45, 2.75) is 247 Å². The molecule has 12 heteroatoms. The second-order valence-corrected chi connectivity index (χ2v) is 35.5. The highest BCUT2D eigenvalue weighted by molar-refractivity contribution is 7.29. The summed E-state index contributed by atoms with van der Waals surface area (Å²) in [6.45, 7) is 30.1. The number of carbonyl (C=O) groups excluding carboxylic acids is 2. The number of allylic oxidation sites excluding steroid dienone is 6. The number of rotatable bonds is 40. The van der Waals surface area contributed by atoms with Crippen LogP contribution in [0, 0.1) is 47.6 Å². The number of ketones is 2. The number of thiophene rings is 6. The van der Waals surface area contributed by atoms with E-state index in [-0.39, 0.29) is 23.0 Å². The molecule has 0 saturated carbocycles. The second kappa shape index (κ2) is 38.8. The molecule has 3 aromatic carbocycles. The number of carbonyl (C=O) groups is 2. The third kappa shape index (κ3) is 18.4. The standard InChI is InChI=1S/C92H102N4O2S6/c1-9-15-19-21-23-25-27-29-31-33-41-63-53-81(101-79(63)55-71-85(75(59-93)95-7)67-43-35-37-45-69(67)89(71)97)83-57-73-87(77-49-47-65(99-77)51-61(13-5)39-17-11-3)92-74(88(91(73)103-83)78-50-48-66(100-78)52-62(14-6)40-18-12-4)58-84(104-92)82-54-64(42-34-32-30-28-26-24-22-20-16-10-2)80(102-82)56-72-86(76(60-94)96-8)68-44-36-38-46-70(68)90(72)98/h35-38,43-50,53-58,61-62H,9-34,39-42,51-52H2,1-6H3/b71-55?,72-56?,85-75-,86-76+. The van der Waals surface area contributed by atoms with Crippen molar-refractivity contribution in [1.82, 2.24) is 0 Å². The van der Waals surface area contributed by atoms with Gasteiger partial charge in [0, 0.05) is 113 Å². The molecule has 0 amide bonds. The van der Waals surface area contributed by atoms with Crippen molar-refractivity contribution >= 4 is 123 Å². The molecule has 6 nitrogen and oxygen atoms in total. The van der Waals surface area contributed by atoms with Crippen LogP contribution in [0.1, 0.15) is 284 Å². The predicted molar refractivity (Wildman–Crippen MR) is 451 cm³/mol. The van der Waals surface area contributed by atoms with Gasteiger partial charge in [0.05, 0.1) is 25.3 Å². The highest BCUT2D eigenvalue weighted by Gasteiger charge is 2.35. The van der Waals surface area contributed by atoms with Crippen LogP contribution in [0.4, 0.5) is 0 Å². The Morgan fingerprint density at radius 1 is 0.413 bits per heavy atom. The number of fused-ring (bicyclic) bond motifs is 4. The Labute approximate surface area is 644 Å². The van der Waals surface area contributed by atoms with E-state index in [4.69, 9.17) is 13.1 Å². The molecule has 2 atom stereocenters. The fourth-order valence-corrected chi connectivity index (χ4v) is 22.9. The predicted octanol–water partition coefficient (Wildman–Crippen LogP) is 30.3. The van der Waals surface area contributed by atoms with Gasteiger partial charge in [0.2, 0.25) is 0 Å². The zero-order valence-corrected chi connectivity index (χ0v) is 67.1. The highest BCUT2D eigenvalue weighted by Crippen LogP contribution is 2.56. The van der Waals surface area contributed by atoms with E-state index in [0.717, 1.165) is 83.7 Å². The van der Waals surface area contributed by atoms with E-state index < -0.39 is 0 Å². The number of nitriles is 2. The van der Waals surface area contributed by atoms with Crippen LogP contribution in [0.3, 0.4) is 0 Å². The molecule has 538 valence electrons. The lowest BCUT2D eigenvalue weighted by Gasteiger charge is -2.13. The van der Waals surface area contributed by atoms with E-state index in [0.29, 0.717) is 56.4 Å². The van der Waals surface area contributed by atoms with Gasteiger partial charge >= 0.3 is 0 Å². The Kier molecular flexibility index (Phi) is 29.0. The number of benzene rings is 3. The molecule has 6 aromatic heterocycles. The lowest BCUT2D eigenvalue weighted by Crippen LogP contribution is -2.01. The van der Waals surface area contributed by atoms with Crippen molar-refractivity contribution in [3.05, 3.63) is 195 Å². The fraction of sp³-hybridized carbons (Fsp3) is 0.435. The Balaban J connectivity index is 1.09. The van der Waals surface area contributed by atoms with Gasteiger partial charge in [-0.05, 0) is 133 Å². The molecule has 6 heterocycles. The molecule has 2 aliphatic rings. The normalized spacial score (nSPS) is 15.1. The molecule has 2 aliphatic carbocycles. The van der Waals surface area contributed by atoms with E-state index in [2.05, 4.69) is 112 Å². The minimum absolute atomic E-state index is 0.0614. The maximum atomic E-state index is 14.7. The Morgan fingerprint density at radius 3 is 1.11 bits per heavy atom. The average molecular weight is 1490 g/mol. The zero-order valence-electron chi connectivity index (χ0n) is 62.2. The van der Waals surface area contributed by atoms with Crippen molar-refractivity contribution in [3.8, 4) is 52.5 Å². The smallest absolute Gasteiger partial charge is 0.270 e. The number of unbranched alkanes of at least 4 members (excludes halogenated alkanes) is 20. The van der Waals surface area contributed by atoms with Crippen LogP contribution in [0.5, 0.6) is 0 Å². The summed E-state index contributed by atoms with van der Waals surface area (Å²) in [5, 5.41) is 23.4. The van der Waals surface area contributed by atoms with Crippen LogP contribution < -0.4 is 0 Å². The summed E-state index contributed by atoms with van der Waals surface area (Å²) in [5.41, 5.74) is 8.88. The third-order valence-electron chi connectivity index (χ3n) is 21.5. The summed E-state index contributed by atoms with van der Waals surface area (Å²) in [6.07, 6.45) is 42.2. The van der Waals surface area contributed by atoms with Gasteiger partial charge in [-0.25, -0.2) is 20.2 Å².